The Morgan fingerprint density at radius 3 is 2.56 bits per heavy atom. The number of aliphatic hydroxyl groups excluding tert-OH is 1. The van der Waals surface area contributed by atoms with E-state index in [1.807, 2.05) is 35.2 Å². The van der Waals surface area contributed by atoms with Crippen molar-refractivity contribution >= 4 is 11.5 Å². The van der Waals surface area contributed by atoms with Crippen molar-refractivity contribution in [2.24, 2.45) is 0 Å². The summed E-state index contributed by atoms with van der Waals surface area (Å²) in [6, 6.07) is 13.9. The van der Waals surface area contributed by atoms with Crippen LogP contribution in [0.3, 0.4) is 0 Å². The molecule has 3 N–H and O–H groups in total. The quantitative estimate of drug-likeness (QED) is 0.838. The van der Waals surface area contributed by atoms with Gasteiger partial charge < -0.3 is 15.7 Å². The molecule has 2 aromatic rings. The van der Waals surface area contributed by atoms with Gasteiger partial charge >= 0.3 is 0 Å². The lowest BCUT2D eigenvalue weighted by molar-refractivity contribution is 0.301. The molecule has 1 aromatic heterocycles. The summed E-state index contributed by atoms with van der Waals surface area (Å²) in [4.78, 5) is 6.10. The molecule has 0 saturated carbocycles. The highest BCUT2D eigenvalue weighted by Crippen LogP contribution is 2.21. The molecule has 4 nitrogen and oxygen atoms in total. The first-order valence-electron chi connectivity index (χ1n) is 5.91. The molecule has 0 fully saturated rings. The number of nitrogen functional groups attached to an aromatic ring is 1. The van der Waals surface area contributed by atoms with Crippen molar-refractivity contribution in [2.45, 2.75) is 6.54 Å². The van der Waals surface area contributed by atoms with Crippen molar-refractivity contribution < 1.29 is 5.11 Å². The number of hydrogen-bond acceptors (Lipinski definition) is 4. The van der Waals surface area contributed by atoms with Crippen LogP contribution in [0.4, 0.5) is 11.5 Å². The van der Waals surface area contributed by atoms with Gasteiger partial charge in [-0.15, -0.1) is 0 Å². The average Bonchev–Trinajstić information content (AvgIpc) is 2.40. The third-order valence-electron chi connectivity index (χ3n) is 2.74. The van der Waals surface area contributed by atoms with Crippen LogP contribution in [0.25, 0.3) is 0 Å². The van der Waals surface area contributed by atoms with Gasteiger partial charge in [0.05, 0.1) is 12.3 Å². The molecule has 0 aliphatic heterocycles. The van der Waals surface area contributed by atoms with E-state index < -0.39 is 0 Å². The Kier molecular flexibility index (Phi) is 4.15. The summed E-state index contributed by atoms with van der Waals surface area (Å²) in [6.45, 7) is 1.32. The van der Waals surface area contributed by atoms with Crippen LogP contribution in [0, 0.1) is 0 Å². The van der Waals surface area contributed by atoms with E-state index in [9.17, 15) is 0 Å². The number of anilines is 2. The summed E-state index contributed by atoms with van der Waals surface area (Å²) in [5.74, 6) is 0.488. The van der Waals surface area contributed by atoms with Gasteiger partial charge in [0.25, 0.3) is 0 Å². The highest BCUT2D eigenvalue weighted by Gasteiger charge is 2.10. The summed E-state index contributed by atoms with van der Waals surface area (Å²) in [6.07, 6.45) is 1.67. The lowest BCUT2D eigenvalue weighted by Gasteiger charge is -2.24. The van der Waals surface area contributed by atoms with Gasteiger partial charge in [0.15, 0.2) is 0 Å². The number of pyridine rings is 1. The topological polar surface area (TPSA) is 62.4 Å². The molecule has 2 rings (SSSR count). The summed E-state index contributed by atoms with van der Waals surface area (Å²) in [7, 11) is 0. The molecule has 0 unspecified atom stereocenters. The molecule has 0 atom stereocenters. The van der Waals surface area contributed by atoms with Gasteiger partial charge in [-0.2, -0.15) is 0 Å². The first-order chi connectivity index (χ1) is 8.81. The minimum absolute atomic E-state index is 0.0845. The fraction of sp³-hybridized carbons (Fsp3) is 0.214. The Hall–Kier alpha value is -2.07. The first-order valence-corrected chi connectivity index (χ1v) is 5.91. The fourth-order valence-corrected chi connectivity index (χ4v) is 1.89. The predicted molar refractivity (Wildman–Crippen MR) is 73.2 cm³/mol. The van der Waals surface area contributed by atoms with Crippen LogP contribution in [-0.2, 0) is 6.54 Å². The van der Waals surface area contributed by atoms with Crippen LogP contribution in [0.5, 0.6) is 0 Å². The van der Waals surface area contributed by atoms with Gasteiger partial charge in [-0.25, -0.2) is 4.98 Å². The smallest absolute Gasteiger partial charge is 0.146 e. The normalized spacial score (nSPS) is 10.3. The Morgan fingerprint density at radius 2 is 1.89 bits per heavy atom. The van der Waals surface area contributed by atoms with Crippen molar-refractivity contribution in [3.05, 3.63) is 54.2 Å². The molecule has 18 heavy (non-hydrogen) atoms. The Labute approximate surface area is 107 Å². The van der Waals surface area contributed by atoms with Crippen molar-refractivity contribution in [3.8, 4) is 0 Å². The van der Waals surface area contributed by atoms with Crippen LogP contribution < -0.4 is 10.6 Å². The van der Waals surface area contributed by atoms with Crippen molar-refractivity contribution in [1.29, 1.82) is 0 Å². The molecule has 0 spiro atoms. The average molecular weight is 243 g/mol. The van der Waals surface area contributed by atoms with Crippen molar-refractivity contribution in [1.82, 2.24) is 4.98 Å². The van der Waals surface area contributed by atoms with E-state index in [0.717, 1.165) is 5.69 Å². The first kappa shape index (κ1) is 12.4. The van der Waals surface area contributed by atoms with E-state index >= 15 is 0 Å². The number of rotatable bonds is 5. The van der Waals surface area contributed by atoms with Crippen LogP contribution in [-0.4, -0.2) is 23.2 Å². The summed E-state index contributed by atoms with van der Waals surface area (Å²) in [5.41, 5.74) is 7.90. The van der Waals surface area contributed by atoms with Gasteiger partial charge in [-0.3, -0.25) is 0 Å². The van der Waals surface area contributed by atoms with E-state index in [0.29, 0.717) is 18.9 Å². The maximum Gasteiger partial charge on any atom is 0.146 e. The molecule has 4 heteroatoms. The Bertz CT molecular complexity index is 487. The van der Waals surface area contributed by atoms with Crippen LogP contribution in [0.1, 0.15) is 5.56 Å². The lowest BCUT2D eigenvalue weighted by atomic mass is 10.2. The minimum atomic E-state index is 0.0845. The molecule has 0 bridgehead atoms. The third kappa shape index (κ3) is 2.99. The molecule has 0 aliphatic carbocycles. The number of hydrogen-bond donors (Lipinski definition) is 2. The van der Waals surface area contributed by atoms with Gasteiger partial charge in [0.1, 0.15) is 5.82 Å². The Balaban J connectivity index is 2.21. The summed E-state index contributed by atoms with van der Waals surface area (Å²) < 4.78 is 0. The van der Waals surface area contributed by atoms with E-state index in [1.54, 1.807) is 6.20 Å². The Morgan fingerprint density at radius 1 is 1.11 bits per heavy atom. The molecule has 1 heterocycles. The molecular weight excluding hydrogens is 226 g/mol. The molecular formula is C14H17N3O. The summed E-state index contributed by atoms with van der Waals surface area (Å²) >= 11 is 0. The number of nitrogens with two attached hydrogens (primary N) is 1. The molecule has 0 saturated heterocycles. The van der Waals surface area contributed by atoms with Gasteiger partial charge in [-0.1, -0.05) is 30.3 Å². The van der Waals surface area contributed by atoms with E-state index in [4.69, 9.17) is 10.8 Å². The minimum Gasteiger partial charge on any atom is -0.395 e. The van der Waals surface area contributed by atoms with E-state index in [2.05, 4.69) is 17.1 Å². The number of nitrogens with zero attached hydrogens (tertiary/aromatic N) is 2. The van der Waals surface area contributed by atoms with E-state index in [1.165, 1.54) is 5.56 Å². The highest BCUT2D eigenvalue weighted by atomic mass is 16.3. The zero-order valence-electron chi connectivity index (χ0n) is 10.2. The molecule has 0 radical (unpaired) electrons. The fourth-order valence-electron chi connectivity index (χ4n) is 1.89. The monoisotopic (exact) mass is 243 g/mol. The molecule has 0 amide bonds. The predicted octanol–water partition coefficient (Wildman–Crippen LogP) is 1.66. The van der Waals surface area contributed by atoms with Crippen molar-refractivity contribution in [3.63, 3.8) is 0 Å². The maximum absolute atomic E-state index is 9.16. The van der Waals surface area contributed by atoms with Crippen LogP contribution in [0.2, 0.25) is 0 Å². The summed E-state index contributed by atoms with van der Waals surface area (Å²) in [5, 5.41) is 9.16. The van der Waals surface area contributed by atoms with E-state index in [-0.39, 0.29) is 6.61 Å². The zero-order valence-corrected chi connectivity index (χ0v) is 10.2. The zero-order chi connectivity index (χ0) is 12.8. The second-order valence-corrected chi connectivity index (χ2v) is 4.04. The third-order valence-corrected chi connectivity index (χ3v) is 2.74. The standard InChI is InChI=1S/C14H17N3O/c15-14-13(7-4-8-16-14)17(9-10-18)11-12-5-2-1-3-6-12/h1-8,18H,9-11H2,(H2,15,16). The number of aromatic nitrogens is 1. The second-order valence-electron chi connectivity index (χ2n) is 4.04. The second kappa shape index (κ2) is 6.02. The molecule has 0 aliphatic rings. The van der Waals surface area contributed by atoms with Crippen molar-refractivity contribution in [2.75, 3.05) is 23.8 Å². The number of benzene rings is 1. The largest absolute Gasteiger partial charge is 0.395 e. The molecule has 1 aromatic carbocycles. The lowest BCUT2D eigenvalue weighted by Crippen LogP contribution is -2.27. The molecule has 94 valence electrons. The van der Waals surface area contributed by atoms with Crippen LogP contribution >= 0.6 is 0 Å². The number of aliphatic hydroxyl groups is 1. The van der Waals surface area contributed by atoms with Gasteiger partial charge in [0.2, 0.25) is 0 Å². The highest BCUT2D eigenvalue weighted by molar-refractivity contribution is 5.63. The van der Waals surface area contributed by atoms with Gasteiger partial charge in [-0.05, 0) is 17.7 Å². The maximum atomic E-state index is 9.16. The van der Waals surface area contributed by atoms with Crippen LogP contribution in [0.15, 0.2) is 48.7 Å². The van der Waals surface area contributed by atoms with Gasteiger partial charge in [0, 0.05) is 19.3 Å². The SMILES string of the molecule is Nc1ncccc1N(CCO)Cc1ccccc1.